The summed E-state index contributed by atoms with van der Waals surface area (Å²) in [7, 11) is 1.52. The summed E-state index contributed by atoms with van der Waals surface area (Å²) in [5.74, 6) is 1.90. The molecule has 0 fully saturated rings. The topological polar surface area (TPSA) is 77.1 Å². The number of sulfonamides is 1. The second kappa shape index (κ2) is 9.87. The first kappa shape index (κ1) is 24.3. The third kappa shape index (κ3) is 5.18. The van der Waals surface area contributed by atoms with Gasteiger partial charge in [-0.15, -0.1) is 12.4 Å². The number of ether oxygens (including phenoxy) is 3. The summed E-state index contributed by atoms with van der Waals surface area (Å²) in [5, 5.41) is 0. The molecule has 0 amide bonds. The highest BCUT2D eigenvalue weighted by atomic mass is 35.5. The van der Waals surface area contributed by atoms with Crippen LogP contribution in [0.15, 0.2) is 41.3 Å². The lowest BCUT2D eigenvalue weighted by Gasteiger charge is -2.25. The fraction of sp³-hybridized carbons (Fsp3) is 0.429. The van der Waals surface area contributed by atoms with Crippen LogP contribution in [0.5, 0.6) is 17.2 Å². The highest BCUT2D eigenvalue weighted by Crippen LogP contribution is 2.35. The zero-order valence-electron chi connectivity index (χ0n) is 17.8. The van der Waals surface area contributed by atoms with Gasteiger partial charge in [-0.25, -0.2) is 13.1 Å². The van der Waals surface area contributed by atoms with E-state index in [2.05, 4.69) is 4.72 Å². The molecule has 0 bridgehead atoms. The molecule has 2 aromatic carbocycles. The van der Waals surface area contributed by atoms with Crippen LogP contribution in [0.25, 0.3) is 0 Å². The minimum Gasteiger partial charge on any atom is -0.495 e. The van der Waals surface area contributed by atoms with Crippen LogP contribution in [-0.4, -0.2) is 47.9 Å². The van der Waals surface area contributed by atoms with E-state index in [0.29, 0.717) is 17.2 Å². The molecule has 0 radical (unpaired) electrons. The highest BCUT2D eigenvalue weighted by Gasteiger charge is 2.25. The maximum absolute atomic E-state index is 13.1. The maximum atomic E-state index is 13.1. The molecule has 1 unspecified atom stereocenters. The van der Waals surface area contributed by atoms with E-state index in [4.69, 9.17) is 14.2 Å². The van der Waals surface area contributed by atoms with Gasteiger partial charge in [0.1, 0.15) is 10.6 Å². The summed E-state index contributed by atoms with van der Waals surface area (Å²) < 4.78 is 45.0. The number of likely N-dealkylation sites (N-methyl/N-ethyl adjacent to an activating group) is 1. The molecule has 1 N–H and O–H groups in total. The van der Waals surface area contributed by atoms with Crippen LogP contribution in [0.1, 0.15) is 36.9 Å². The van der Waals surface area contributed by atoms with E-state index in [1.807, 2.05) is 57.1 Å². The van der Waals surface area contributed by atoms with Crippen LogP contribution < -0.4 is 18.9 Å². The van der Waals surface area contributed by atoms with Crippen molar-refractivity contribution in [3.05, 3.63) is 47.5 Å². The van der Waals surface area contributed by atoms with E-state index in [0.717, 1.165) is 11.1 Å². The number of halogens is 1. The summed E-state index contributed by atoms with van der Waals surface area (Å²) in [4.78, 5) is 2.11. The van der Waals surface area contributed by atoms with Crippen molar-refractivity contribution in [2.45, 2.75) is 30.7 Å². The molecule has 30 heavy (non-hydrogen) atoms. The number of rotatable bonds is 8. The molecule has 0 aromatic heterocycles. The number of nitrogens with zero attached hydrogens (tertiary/aromatic N) is 1. The maximum Gasteiger partial charge on any atom is 0.244 e. The van der Waals surface area contributed by atoms with E-state index in [9.17, 15) is 8.42 Å². The lowest BCUT2D eigenvalue weighted by molar-refractivity contribution is 0.174. The molecule has 2 aromatic rings. The Balaban J connectivity index is 0.00000320. The number of methoxy groups -OCH3 is 1. The van der Waals surface area contributed by atoms with E-state index in [1.54, 1.807) is 12.1 Å². The minimum absolute atomic E-state index is 0. The quantitative estimate of drug-likeness (QED) is 0.654. The Kier molecular flexibility index (Phi) is 7.99. The van der Waals surface area contributed by atoms with Gasteiger partial charge in [-0.2, -0.15) is 0 Å². The van der Waals surface area contributed by atoms with Crippen LogP contribution in [0, 0.1) is 0 Å². The fourth-order valence-electron chi connectivity index (χ4n) is 3.25. The normalized spacial score (nSPS) is 14.0. The lowest BCUT2D eigenvalue weighted by atomic mass is 10.0. The van der Waals surface area contributed by atoms with Gasteiger partial charge in [0.05, 0.1) is 7.11 Å². The van der Waals surface area contributed by atoms with E-state index < -0.39 is 10.0 Å². The molecule has 1 aliphatic rings. The Morgan fingerprint density at radius 3 is 2.37 bits per heavy atom. The van der Waals surface area contributed by atoms with E-state index in [1.165, 1.54) is 7.11 Å². The molecule has 1 atom stereocenters. The van der Waals surface area contributed by atoms with Crippen LogP contribution >= 0.6 is 12.4 Å². The summed E-state index contributed by atoms with van der Waals surface area (Å²) >= 11 is 0. The fourth-order valence-corrected chi connectivity index (χ4v) is 4.49. The van der Waals surface area contributed by atoms with Crippen molar-refractivity contribution in [3.63, 3.8) is 0 Å². The third-order valence-electron chi connectivity index (χ3n) is 5.02. The summed E-state index contributed by atoms with van der Waals surface area (Å²) in [6.07, 6.45) is 0. The van der Waals surface area contributed by atoms with Gasteiger partial charge in [-0.1, -0.05) is 26.0 Å². The van der Waals surface area contributed by atoms with Crippen LogP contribution in [-0.2, 0) is 10.0 Å². The molecule has 0 spiro atoms. The third-order valence-corrected chi connectivity index (χ3v) is 6.46. The molecular formula is C21H29ClN2O5S. The molecule has 0 saturated carbocycles. The molecule has 3 rings (SSSR count). The number of hydrogen-bond acceptors (Lipinski definition) is 6. The van der Waals surface area contributed by atoms with Crippen molar-refractivity contribution in [1.82, 2.24) is 9.62 Å². The van der Waals surface area contributed by atoms with Crippen molar-refractivity contribution in [2.24, 2.45) is 0 Å². The van der Waals surface area contributed by atoms with Gasteiger partial charge in [0.2, 0.25) is 16.8 Å². The lowest BCUT2D eigenvalue weighted by Crippen LogP contribution is -2.34. The zero-order chi connectivity index (χ0) is 21.2. The molecular weight excluding hydrogens is 428 g/mol. The van der Waals surface area contributed by atoms with E-state index in [-0.39, 0.29) is 42.6 Å². The number of nitrogens with one attached hydrogen (secondary N) is 1. The van der Waals surface area contributed by atoms with Crippen molar-refractivity contribution in [3.8, 4) is 17.2 Å². The van der Waals surface area contributed by atoms with Gasteiger partial charge in [0, 0.05) is 12.6 Å². The second-order valence-electron chi connectivity index (χ2n) is 7.51. The minimum atomic E-state index is -3.76. The Hall–Kier alpha value is -2.00. The average Bonchev–Trinajstić information content (AvgIpc) is 3.15. The molecule has 1 heterocycles. The first-order chi connectivity index (χ1) is 13.7. The van der Waals surface area contributed by atoms with Crippen molar-refractivity contribution in [2.75, 3.05) is 34.5 Å². The Bertz CT molecular complexity index is 979. The summed E-state index contributed by atoms with van der Waals surface area (Å²) in [6, 6.07) is 10.7. The highest BCUT2D eigenvalue weighted by molar-refractivity contribution is 7.89. The van der Waals surface area contributed by atoms with Crippen LogP contribution in [0.2, 0.25) is 0 Å². The molecule has 166 valence electrons. The van der Waals surface area contributed by atoms with Gasteiger partial charge in [-0.05, 0) is 55.4 Å². The van der Waals surface area contributed by atoms with Crippen LogP contribution in [0.4, 0.5) is 0 Å². The monoisotopic (exact) mass is 456 g/mol. The Morgan fingerprint density at radius 1 is 1.07 bits per heavy atom. The molecule has 1 aliphatic heterocycles. The number of fused-ring (bicyclic) bond motifs is 1. The molecule has 0 aliphatic carbocycles. The molecule has 0 saturated heterocycles. The first-order valence-corrected chi connectivity index (χ1v) is 10.9. The van der Waals surface area contributed by atoms with Gasteiger partial charge < -0.3 is 19.1 Å². The van der Waals surface area contributed by atoms with Crippen molar-refractivity contribution < 1.29 is 22.6 Å². The Labute approximate surface area is 184 Å². The van der Waals surface area contributed by atoms with Gasteiger partial charge in [0.15, 0.2) is 11.5 Å². The summed E-state index contributed by atoms with van der Waals surface area (Å²) in [5.41, 5.74) is 1.87. The molecule has 7 nitrogen and oxygen atoms in total. The number of benzene rings is 2. The second-order valence-corrected chi connectivity index (χ2v) is 9.24. The first-order valence-electron chi connectivity index (χ1n) is 9.46. The standard InChI is InChI=1S/C21H28N2O5S.ClH/c1-14(2)15-6-9-19(26-5)21(11-15)29(24,25)22-12-17(23(3)4)16-7-8-18-20(10-16)28-13-27-18;/h6-11,14,17,22H,12-13H2,1-5H3;1H. The number of hydrogen-bond donors (Lipinski definition) is 1. The summed E-state index contributed by atoms with van der Waals surface area (Å²) in [6.45, 7) is 4.44. The largest absolute Gasteiger partial charge is 0.495 e. The SMILES string of the molecule is COc1ccc(C(C)C)cc1S(=O)(=O)NCC(c1ccc2c(c1)OCO2)N(C)C.Cl. The predicted octanol–water partition coefficient (Wildman–Crippen LogP) is 3.55. The van der Waals surface area contributed by atoms with Crippen molar-refractivity contribution >= 4 is 22.4 Å². The van der Waals surface area contributed by atoms with Gasteiger partial charge in [-0.3, -0.25) is 0 Å². The van der Waals surface area contributed by atoms with Crippen LogP contribution in [0.3, 0.4) is 0 Å². The van der Waals surface area contributed by atoms with Gasteiger partial charge in [0.25, 0.3) is 0 Å². The predicted molar refractivity (Wildman–Crippen MR) is 119 cm³/mol. The smallest absolute Gasteiger partial charge is 0.244 e. The zero-order valence-corrected chi connectivity index (χ0v) is 19.5. The average molecular weight is 457 g/mol. The van der Waals surface area contributed by atoms with Crippen molar-refractivity contribution in [1.29, 1.82) is 0 Å². The Morgan fingerprint density at radius 2 is 1.73 bits per heavy atom. The molecule has 9 heteroatoms. The van der Waals surface area contributed by atoms with Gasteiger partial charge >= 0.3 is 0 Å². The van der Waals surface area contributed by atoms with E-state index >= 15 is 0 Å².